The van der Waals surface area contributed by atoms with Crippen LogP contribution in [0.1, 0.15) is 27.8 Å². The zero-order chi connectivity index (χ0) is 27.8. The van der Waals surface area contributed by atoms with E-state index in [-0.39, 0.29) is 24.8 Å². The quantitative estimate of drug-likeness (QED) is 0.235. The molecule has 0 radical (unpaired) electrons. The maximum absolute atomic E-state index is 9.38. The molecule has 1 aliphatic carbocycles. The predicted octanol–water partition coefficient (Wildman–Crippen LogP) is 2.11. The number of benzene rings is 5. The Morgan fingerprint density at radius 1 is 0.707 bits per heavy atom. The molecule has 0 unspecified atom stereocenters. The van der Waals surface area contributed by atoms with Crippen molar-refractivity contribution in [2.45, 2.75) is 33.0 Å². The summed E-state index contributed by atoms with van der Waals surface area (Å²) in [6.45, 7) is 8.85. The van der Waals surface area contributed by atoms with Crippen molar-refractivity contribution in [3.63, 3.8) is 0 Å². The molecular formula is C36H35Cl2OSiTi-2. The van der Waals surface area contributed by atoms with Gasteiger partial charge in [-0.3, -0.25) is 0 Å². The molecule has 0 heterocycles. The third-order valence-corrected chi connectivity index (χ3v) is 9.59. The minimum Gasteiger partial charge on any atom is -0.179 e. The molecule has 0 atom stereocenters. The van der Waals surface area contributed by atoms with E-state index in [1.807, 2.05) is 31.2 Å². The van der Waals surface area contributed by atoms with E-state index in [1.54, 1.807) is 6.07 Å². The van der Waals surface area contributed by atoms with E-state index >= 15 is 0 Å². The average Bonchev–Trinajstić information content (AvgIpc) is 3.32. The van der Waals surface area contributed by atoms with Crippen LogP contribution < -0.4 is 30.0 Å². The average molecular weight is 631 g/mol. The number of rotatable bonds is 3. The van der Waals surface area contributed by atoms with Gasteiger partial charge in [0, 0.05) is 0 Å². The van der Waals surface area contributed by atoms with Crippen LogP contribution in [-0.2, 0) is 26.4 Å². The van der Waals surface area contributed by atoms with E-state index in [9.17, 15) is 5.11 Å². The monoisotopic (exact) mass is 629 g/mol. The Kier molecular flexibility index (Phi) is 13.5. The summed E-state index contributed by atoms with van der Waals surface area (Å²) in [4.78, 5) is 0. The van der Waals surface area contributed by atoms with Crippen LogP contribution in [0, 0.1) is 13.0 Å². The number of halogens is 2. The van der Waals surface area contributed by atoms with Crippen LogP contribution >= 0.6 is 0 Å². The summed E-state index contributed by atoms with van der Waals surface area (Å²) >= 11 is 2.16. The van der Waals surface area contributed by atoms with Gasteiger partial charge in [-0.2, -0.15) is 29.8 Å². The second-order valence-electron chi connectivity index (χ2n) is 10.8. The van der Waals surface area contributed by atoms with Crippen LogP contribution in [0.15, 0.2) is 121 Å². The molecule has 0 aromatic heterocycles. The number of hydrogen-bond acceptors (Lipinski definition) is 1. The van der Waals surface area contributed by atoms with Gasteiger partial charge in [-0.25, -0.2) is 0 Å². The maximum Gasteiger partial charge on any atom is -0.0253 e. The van der Waals surface area contributed by atoms with Crippen LogP contribution in [0.25, 0.3) is 11.1 Å². The molecule has 5 aromatic carbocycles. The van der Waals surface area contributed by atoms with Crippen molar-refractivity contribution in [1.29, 1.82) is 0 Å². The molecule has 41 heavy (non-hydrogen) atoms. The Balaban J connectivity index is 0.000000211. The first-order valence-electron chi connectivity index (χ1n) is 13.3. The van der Waals surface area contributed by atoms with Crippen LogP contribution in [0.4, 0.5) is 0 Å². The summed E-state index contributed by atoms with van der Waals surface area (Å²) in [6.07, 6.45) is 1.05. The Labute approximate surface area is 270 Å². The Hall–Kier alpha value is -2.72. The summed E-state index contributed by atoms with van der Waals surface area (Å²) in [5.74, 6) is 0.396. The molecule has 5 heteroatoms. The first-order valence-corrected chi connectivity index (χ1v) is 17.6. The molecule has 0 spiro atoms. The standard InChI is InChI=1S/C13H9.C13H10.C10H16OSi.2ClH.Ti/c1-3-7-12-10(5-1)9-11-6-2-4-8-13(11)12;1-3-7-12(8-4-1)11-13-9-5-2-6-10-13;1-8-5-9(11)7-10(6-8)12(2,3)4;;;/h1-5,7-8H,9H2;1-10H;5-7,11H,1-4H3;2*1H;/q-1;;;;;+1/p-2. The summed E-state index contributed by atoms with van der Waals surface area (Å²) in [5, 5.41) is 10.7. The van der Waals surface area contributed by atoms with Gasteiger partial charge in [-0.15, -0.1) is 5.56 Å². The van der Waals surface area contributed by atoms with Crippen molar-refractivity contribution in [3.05, 3.63) is 155 Å². The number of phenolic OH excluding ortho intramolecular Hbond substituents is 1. The fourth-order valence-corrected chi connectivity index (χ4v) is 6.33. The molecule has 6 rings (SSSR count). The van der Waals surface area contributed by atoms with Crippen LogP contribution in [0.5, 0.6) is 5.75 Å². The normalized spacial score (nSPS) is 10.7. The Morgan fingerprint density at radius 2 is 1.24 bits per heavy atom. The van der Waals surface area contributed by atoms with E-state index in [1.165, 1.54) is 42.4 Å². The molecule has 0 amide bonds. The van der Waals surface area contributed by atoms with E-state index in [2.05, 4.69) is 137 Å². The summed E-state index contributed by atoms with van der Waals surface area (Å²) in [5.41, 5.74) is 9.24. The van der Waals surface area contributed by atoms with E-state index in [0.29, 0.717) is 5.75 Å². The maximum atomic E-state index is 9.38. The molecule has 0 aliphatic heterocycles. The number of phenols is 1. The van der Waals surface area contributed by atoms with E-state index in [0.717, 1.165) is 12.0 Å². The zero-order valence-corrected chi connectivity index (χ0v) is 28.0. The van der Waals surface area contributed by atoms with Gasteiger partial charge in [0.25, 0.3) is 0 Å². The zero-order valence-electron chi connectivity index (χ0n) is 24.0. The predicted molar refractivity (Wildman–Crippen MR) is 165 cm³/mol. The summed E-state index contributed by atoms with van der Waals surface area (Å²) in [6, 6.07) is 44.9. The van der Waals surface area contributed by atoms with Gasteiger partial charge in [0.05, 0.1) is 8.07 Å². The molecular weight excluding hydrogens is 595 g/mol. The van der Waals surface area contributed by atoms with Crippen molar-refractivity contribution in [1.82, 2.24) is 0 Å². The molecule has 0 saturated heterocycles. The third kappa shape index (κ3) is 9.67. The second kappa shape index (κ2) is 16.1. The molecule has 0 saturated carbocycles. The fourth-order valence-electron chi connectivity index (χ4n) is 4.57. The SMILES string of the molecule is Cc1cc(O)cc([Si](C)(C)C)c1.[Cl-].[Cl-].[Ti+]=[C](c1ccccc1)c1ccccc1.[c-]1cccc2c1Cc1ccccc1-2. The van der Waals surface area contributed by atoms with E-state index in [4.69, 9.17) is 0 Å². The minimum atomic E-state index is -1.26. The Morgan fingerprint density at radius 3 is 1.80 bits per heavy atom. The first-order chi connectivity index (χ1) is 18.7. The molecule has 0 fully saturated rings. The molecule has 0 bridgehead atoms. The molecule has 209 valence electrons. The summed E-state index contributed by atoms with van der Waals surface area (Å²) < 4.78 is 1.33. The van der Waals surface area contributed by atoms with Gasteiger partial charge in [0.1, 0.15) is 5.75 Å². The molecule has 1 nitrogen and oxygen atoms in total. The van der Waals surface area contributed by atoms with Crippen molar-refractivity contribution >= 4 is 17.1 Å². The van der Waals surface area contributed by atoms with Crippen LogP contribution in [0.3, 0.4) is 0 Å². The minimum absolute atomic E-state index is 0. The van der Waals surface area contributed by atoms with Gasteiger partial charge >= 0.3 is 95.6 Å². The Bertz CT molecular complexity index is 1440. The van der Waals surface area contributed by atoms with E-state index < -0.39 is 8.07 Å². The smallest absolute Gasteiger partial charge is 0.0253 e. The summed E-state index contributed by atoms with van der Waals surface area (Å²) in [7, 11) is -1.26. The van der Waals surface area contributed by atoms with Gasteiger partial charge < -0.3 is 29.9 Å². The molecule has 1 N–H and O–H groups in total. The molecule has 5 aromatic rings. The van der Waals surface area contributed by atoms with Crippen LogP contribution in [0.2, 0.25) is 19.6 Å². The van der Waals surface area contributed by atoms with Gasteiger partial charge in [0.15, 0.2) is 0 Å². The van der Waals surface area contributed by atoms with Gasteiger partial charge in [-0.05, 0) is 31.0 Å². The van der Waals surface area contributed by atoms with Crippen molar-refractivity contribution in [2.24, 2.45) is 0 Å². The fraction of sp³-hybridized carbons (Fsp3) is 0.139. The van der Waals surface area contributed by atoms with Crippen LogP contribution in [-0.4, -0.2) is 17.0 Å². The van der Waals surface area contributed by atoms with Gasteiger partial charge in [-0.1, -0.05) is 66.3 Å². The number of fused-ring (bicyclic) bond motifs is 3. The largest absolute Gasteiger partial charge is 0.179 e. The first kappa shape index (κ1) is 34.5. The topological polar surface area (TPSA) is 20.2 Å². The number of aromatic hydroxyl groups is 1. The third-order valence-electron chi connectivity index (χ3n) is 6.67. The number of aryl methyl sites for hydroxylation is 1. The van der Waals surface area contributed by atoms with Crippen molar-refractivity contribution < 1.29 is 49.9 Å². The van der Waals surface area contributed by atoms with Gasteiger partial charge in [0.2, 0.25) is 0 Å². The van der Waals surface area contributed by atoms with Crippen molar-refractivity contribution in [3.8, 4) is 16.9 Å². The second-order valence-corrected chi connectivity index (χ2v) is 16.7. The molecule has 1 aliphatic rings. The van der Waals surface area contributed by atoms with Crippen molar-refractivity contribution in [2.75, 3.05) is 0 Å². The number of hydrogen-bond donors (Lipinski definition) is 1.